The Hall–Kier alpha value is -1.94. The fraction of sp³-hybridized carbons (Fsp3) is 0.312. The molecule has 9 heteroatoms. The lowest BCUT2D eigenvalue weighted by atomic mass is 10.2. The van der Waals surface area contributed by atoms with E-state index in [0.29, 0.717) is 26.2 Å². The molecule has 1 aromatic carbocycles. The number of anilines is 1. The van der Waals surface area contributed by atoms with Gasteiger partial charge in [-0.1, -0.05) is 12.1 Å². The van der Waals surface area contributed by atoms with Crippen LogP contribution in [0.25, 0.3) is 0 Å². The first-order valence-corrected chi connectivity index (χ1v) is 10.2. The zero-order valence-electron chi connectivity index (χ0n) is 13.8. The number of hydrogen-bond donors (Lipinski definition) is 3. The second kappa shape index (κ2) is 7.12. The van der Waals surface area contributed by atoms with Gasteiger partial charge in [0.05, 0.1) is 0 Å². The molecule has 0 atom stereocenters. The molecule has 0 saturated carbocycles. The molecule has 1 aromatic heterocycles. The fourth-order valence-electron chi connectivity index (χ4n) is 2.64. The molecule has 0 radical (unpaired) electrons. The number of carbonyl (C=O) groups is 1. The molecule has 2 aromatic rings. The predicted octanol–water partition coefficient (Wildman–Crippen LogP) is 1.52. The standard InChI is InChI=1S/C16H20N4O3S2/c1-11-8-15(25(17,22)23)24-14(11)10-18-9-12-2-4-13(5-3-12)20-7-6-19-16(20)21/h2-5,8,18H,6-7,9-10H2,1H3,(H,19,21)(H2,17,22,23). The summed E-state index contributed by atoms with van der Waals surface area (Å²) in [5.74, 6) is 0. The van der Waals surface area contributed by atoms with Crippen molar-refractivity contribution in [3.05, 3.63) is 46.3 Å². The highest BCUT2D eigenvalue weighted by Gasteiger charge is 2.20. The Kier molecular flexibility index (Phi) is 5.09. The van der Waals surface area contributed by atoms with E-state index in [1.807, 2.05) is 31.2 Å². The van der Waals surface area contributed by atoms with Gasteiger partial charge in [-0.15, -0.1) is 11.3 Å². The molecule has 2 heterocycles. The molecule has 3 rings (SSSR count). The molecule has 0 unspecified atom stereocenters. The Morgan fingerprint density at radius 1 is 1.28 bits per heavy atom. The minimum Gasteiger partial charge on any atom is -0.336 e. The molecule has 25 heavy (non-hydrogen) atoms. The highest BCUT2D eigenvalue weighted by atomic mass is 32.2. The first-order valence-electron chi connectivity index (χ1n) is 7.82. The normalized spacial score (nSPS) is 14.8. The molecule has 2 amide bonds. The third-order valence-corrected chi connectivity index (χ3v) is 6.66. The van der Waals surface area contributed by atoms with Gasteiger partial charge in [-0.25, -0.2) is 18.4 Å². The van der Waals surface area contributed by atoms with Crippen molar-refractivity contribution in [1.82, 2.24) is 10.6 Å². The summed E-state index contributed by atoms with van der Waals surface area (Å²) in [4.78, 5) is 14.3. The van der Waals surface area contributed by atoms with Gasteiger partial charge in [0, 0.05) is 36.7 Å². The van der Waals surface area contributed by atoms with Crippen molar-refractivity contribution in [2.45, 2.75) is 24.2 Å². The average Bonchev–Trinajstić information content (AvgIpc) is 3.14. The maximum absolute atomic E-state index is 11.6. The molecule has 0 bridgehead atoms. The van der Waals surface area contributed by atoms with Gasteiger partial charge in [0.25, 0.3) is 0 Å². The largest absolute Gasteiger partial charge is 0.336 e. The highest BCUT2D eigenvalue weighted by molar-refractivity contribution is 7.91. The zero-order chi connectivity index (χ0) is 18.0. The number of carbonyl (C=O) groups excluding carboxylic acids is 1. The molecule has 0 aliphatic carbocycles. The molecule has 134 valence electrons. The van der Waals surface area contributed by atoms with Gasteiger partial charge in [-0.05, 0) is 36.2 Å². The molecule has 1 saturated heterocycles. The van der Waals surface area contributed by atoms with E-state index in [0.717, 1.165) is 21.7 Å². The summed E-state index contributed by atoms with van der Waals surface area (Å²) in [5.41, 5.74) is 2.88. The van der Waals surface area contributed by atoms with Crippen LogP contribution in [0.4, 0.5) is 10.5 Å². The van der Waals surface area contributed by atoms with Crippen molar-refractivity contribution in [3.63, 3.8) is 0 Å². The predicted molar refractivity (Wildman–Crippen MR) is 98.2 cm³/mol. The number of nitrogens with zero attached hydrogens (tertiary/aromatic N) is 1. The summed E-state index contributed by atoms with van der Waals surface area (Å²) in [6.45, 7) is 4.44. The topological polar surface area (TPSA) is 105 Å². The lowest BCUT2D eigenvalue weighted by Gasteiger charge is -2.14. The fourth-order valence-corrected chi connectivity index (χ4v) is 4.62. The van der Waals surface area contributed by atoms with E-state index >= 15 is 0 Å². The summed E-state index contributed by atoms with van der Waals surface area (Å²) < 4.78 is 23.0. The molecule has 1 aliphatic rings. The van der Waals surface area contributed by atoms with Crippen molar-refractivity contribution in [1.29, 1.82) is 0 Å². The first-order chi connectivity index (χ1) is 11.8. The van der Waals surface area contributed by atoms with Crippen LogP contribution < -0.4 is 20.7 Å². The van der Waals surface area contributed by atoms with Gasteiger partial charge in [0.2, 0.25) is 10.0 Å². The number of hydrogen-bond acceptors (Lipinski definition) is 5. The molecule has 7 nitrogen and oxygen atoms in total. The van der Waals surface area contributed by atoms with E-state index in [2.05, 4.69) is 10.6 Å². The summed E-state index contributed by atoms with van der Waals surface area (Å²) in [5, 5.41) is 11.2. The number of primary sulfonamides is 1. The Morgan fingerprint density at radius 3 is 2.56 bits per heavy atom. The van der Waals surface area contributed by atoms with Gasteiger partial charge in [-0.3, -0.25) is 4.90 Å². The number of nitrogens with one attached hydrogen (secondary N) is 2. The first kappa shape index (κ1) is 17.9. The van der Waals surface area contributed by atoms with E-state index in [9.17, 15) is 13.2 Å². The average molecular weight is 380 g/mol. The van der Waals surface area contributed by atoms with Crippen molar-refractivity contribution in [2.24, 2.45) is 5.14 Å². The zero-order valence-corrected chi connectivity index (χ0v) is 15.4. The Labute approximate surface area is 150 Å². The number of aryl methyl sites for hydroxylation is 1. The molecular formula is C16H20N4O3S2. The number of urea groups is 1. The quantitative estimate of drug-likeness (QED) is 0.707. The molecule has 1 fully saturated rings. The van der Waals surface area contributed by atoms with Gasteiger partial charge in [-0.2, -0.15) is 0 Å². The Bertz CT molecular complexity index is 875. The van der Waals surface area contributed by atoms with Gasteiger partial charge < -0.3 is 10.6 Å². The van der Waals surface area contributed by atoms with Crippen molar-refractivity contribution in [3.8, 4) is 0 Å². The van der Waals surface area contributed by atoms with E-state index < -0.39 is 10.0 Å². The van der Waals surface area contributed by atoms with Crippen LogP contribution >= 0.6 is 11.3 Å². The maximum Gasteiger partial charge on any atom is 0.321 e. The van der Waals surface area contributed by atoms with E-state index in [1.165, 1.54) is 11.3 Å². The maximum atomic E-state index is 11.6. The van der Waals surface area contributed by atoms with Crippen LogP contribution in [0.3, 0.4) is 0 Å². The molecule has 0 spiro atoms. The van der Waals surface area contributed by atoms with Crippen LogP contribution in [0.2, 0.25) is 0 Å². The number of amides is 2. The van der Waals surface area contributed by atoms with Crippen LogP contribution in [-0.2, 0) is 23.1 Å². The van der Waals surface area contributed by atoms with Gasteiger partial charge in [0.15, 0.2) is 0 Å². The SMILES string of the molecule is Cc1cc(S(N)(=O)=O)sc1CNCc1ccc(N2CCNC2=O)cc1. The second-order valence-corrected chi connectivity index (χ2v) is 8.80. The summed E-state index contributed by atoms with van der Waals surface area (Å²) in [6.07, 6.45) is 0. The number of sulfonamides is 1. The minimum atomic E-state index is -3.65. The smallest absolute Gasteiger partial charge is 0.321 e. The molecule has 4 N–H and O–H groups in total. The lowest BCUT2D eigenvalue weighted by molar-refractivity contribution is 0.252. The van der Waals surface area contributed by atoms with Gasteiger partial charge in [0.1, 0.15) is 4.21 Å². The number of nitrogens with two attached hydrogens (primary N) is 1. The van der Waals surface area contributed by atoms with Crippen LogP contribution in [0.5, 0.6) is 0 Å². The summed E-state index contributed by atoms with van der Waals surface area (Å²) in [6, 6.07) is 9.35. The second-order valence-electron chi connectivity index (χ2n) is 5.87. The third-order valence-electron chi connectivity index (χ3n) is 4.00. The van der Waals surface area contributed by atoms with Gasteiger partial charge >= 0.3 is 6.03 Å². The van der Waals surface area contributed by atoms with Crippen molar-refractivity contribution >= 4 is 33.1 Å². The van der Waals surface area contributed by atoms with E-state index in [-0.39, 0.29) is 10.2 Å². The highest BCUT2D eigenvalue weighted by Crippen LogP contribution is 2.25. The van der Waals surface area contributed by atoms with Crippen LogP contribution in [0.1, 0.15) is 16.0 Å². The number of thiophene rings is 1. The van der Waals surface area contributed by atoms with E-state index in [1.54, 1.807) is 11.0 Å². The Morgan fingerprint density at radius 2 is 2.00 bits per heavy atom. The third kappa shape index (κ3) is 4.18. The molecule has 1 aliphatic heterocycles. The monoisotopic (exact) mass is 380 g/mol. The summed E-state index contributed by atoms with van der Waals surface area (Å²) >= 11 is 1.19. The number of benzene rings is 1. The minimum absolute atomic E-state index is 0.0651. The van der Waals surface area contributed by atoms with E-state index in [4.69, 9.17) is 5.14 Å². The van der Waals surface area contributed by atoms with Crippen LogP contribution in [-0.4, -0.2) is 27.5 Å². The van der Waals surface area contributed by atoms with Crippen LogP contribution in [0.15, 0.2) is 34.5 Å². The lowest BCUT2D eigenvalue weighted by Crippen LogP contribution is -2.27. The van der Waals surface area contributed by atoms with Crippen molar-refractivity contribution in [2.75, 3.05) is 18.0 Å². The molecular weight excluding hydrogens is 360 g/mol. The summed E-state index contributed by atoms with van der Waals surface area (Å²) in [7, 11) is -3.65. The van der Waals surface area contributed by atoms with Crippen molar-refractivity contribution < 1.29 is 13.2 Å². The van der Waals surface area contributed by atoms with Crippen LogP contribution in [0, 0.1) is 6.92 Å². The Balaban J connectivity index is 1.57. The number of rotatable bonds is 6.